The highest BCUT2D eigenvalue weighted by Gasteiger charge is 2.37. The van der Waals surface area contributed by atoms with Gasteiger partial charge in [-0.25, -0.2) is 9.97 Å². The van der Waals surface area contributed by atoms with Crippen molar-refractivity contribution in [2.75, 3.05) is 6.54 Å². The highest BCUT2D eigenvalue weighted by molar-refractivity contribution is 7.16. The number of rotatable bonds is 3. The minimum atomic E-state index is -4.63. The Labute approximate surface area is 179 Å². The summed E-state index contributed by atoms with van der Waals surface area (Å²) in [6.45, 7) is 4.23. The molecule has 2 aromatic heterocycles. The number of carbonyl (C=O) groups excluding carboxylic acids is 1. The second-order valence-corrected chi connectivity index (χ2v) is 8.54. The molecule has 0 spiro atoms. The average Bonchev–Trinajstić information content (AvgIpc) is 3.12. The summed E-state index contributed by atoms with van der Waals surface area (Å²) in [5, 5.41) is 0. The molecule has 4 nitrogen and oxygen atoms in total. The number of halogens is 4. The standard InChI is InChI=1S/C21H15ClF3N3OS/c1-2-19(29)28-9-16(14-7-18(22)30-17(14)10-28)13-6-4-3-5-12(13)15-8-26-11-27-20(15)21(23,24)25/h2-8,11,16H,1,9-10H2/t16-/m1/s1. The molecule has 3 aromatic rings. The Hall–Kier alpha value is -2.71. The predicted molar refractivity (Wildman–Crippen MR) is 109 cm³/mol. The molecule has 4 rings (SSSR count). The number of carbonyl (C=O) groups is 1. The van der Waals surface area contributed by atoms with Gasteiger partial charge in [-0.1, -0.05) is 42.4 Å². The van der Waals surface area contributed by atoms with Gasteiger partial charge >= 0.3 is 6.18 Å². The lowest BCUT2D eigenvalue weighted by Crippen LogP contribution is -2.37. The van der Waals surface area contributed by atoms with E-state index in [1.54, 1.807) is 29.2 Å². The van der Waals surface area contributed by atoms with Crippen molar-refractivity contribution in [3.63, 3.8) is 0 Å². The van der Waals surface area contributed by atoms with Crippen LogP contribution in [0.25, 0.3) is 11.1 Å². The van der Waals surface area contributed by atoms with Gasteiger partial charge in [0.1, 0.15) is 6.33 Å². The molecule has 154 valence electrons. The summed E-state index contributed by atoms with van der Waals surface area (Å²) in [6, 6.07) is 8.64. The third-order valence-electron chi connectivity index (χ3n) is 5.02. The molecule has 1 amide bonds. The first-order valence-electron chi connectivity index (χ1n) is 8.95. The monoisotopic (exact) mass is 449 g/mol. The molecule has 9 heteroatoms. The topological polar surface area (TPSA) is 46.1 Å². The molecule has 0 bridgehead atoms. The van der Waals surface area contributed by atoms with Crippen LogP contribution in [0.1, 0.15) is 27.6 Å². The van der Waals surface area contributed by atoms with Gasteiger partial charge in [-0.3, -0.25) is 4.79 Å². The summed E-state index contributed by atoms with van der Waals surface area (Å²) in [4.78, 5) is 22.1. The normalized spacial score (nSPS) is 16.3. The zero-order valence-electron chi connectivity index (χ0n) is 15.5. The van der Waals surface area contributed by atoms with Crippen LogP contribution in [0.15, 0.2) is 55.5 Å². The number of hydrogen-bond donors (Lipinski definition) is 0. The molecule has 0 fully saturated rings. The minimum Gasteiger partial charge on any atom is -0.333 e. The first-order chi connectivity index (χ1) is 14.3. The van der Waals surface area contributed by atoms with Crippen LogP contribution in [0, 0.1) is 0 Å². The van der Waals surface area contributed by atoms with Gasteiger partial charge in [-0.2, -0.15) is 13.2 Å². The Kier molecular flexibility index (Phi) is 5.38. The van der Waals surface area contributed by atoms with Gasteiger partial charge in [-0.05, 0) is 28.8 Å². The molecule has 3 heterocycles. The first-order valence-corrected chi connectivity index (χ1v) is 10.1. The molecule has 1 atom stereocenters. The van der Waals surface area contributed by atoms with Crippen LogP contribution >= 0.6 is 22.9 Å². The van der Waals surface area contributed by atoms with Crippen LogP contribution in [0.2, 0.25) is 4.34 Å². The van der Waals surface area contributed by atoms with Crippen LogP contribution in [-0.4, -0.2) is 27.3 Å². The molecule has 0 saturated carbocycles. The quantitative estimate of drug-likeness (QED) is 0.493. The average molecular weight is 450 g/mol. The number of fused-ring (bicyclic) bond motifs is 1. The molecule has 0 unspecified atom stereocenters. The number of benzene rings is 1. The van der Waals surface area contributed by atoms with E-state index in [4.69, 9.17) is 11.6 Å². The van der Waals surface area contributed by atoms with E-state index in [0.717, 1.165) is 16.8 Å². The van der Waals surface area contributed by atoms with Gasteiger partial charge in [0.05, 0.1) is 10.9 Å². The summed E-state index contributed by atoms with van der Waals surface area (Å²) in [5.41, 5.74) is 0.835. The molecule has 0 aliphatic carbocycles. The summed E-state index contributed by atoms with van der Waals surface area (Å²) in [5.74, 6) is -0.592. The van der Waals surface area contributed by atoms with Gasteiger partial charge in [0, 0.05) is 29.1 Å². The van der Waals surface area contributed by atoms with Crippen molar-refractivity contribution in [2.45, 2.75) is 18.6 Å². The molecule has 1 aromatic carbocycles. The van der Waals surface area contributed by atoms with Gasteiger partial charge in [-0.15, -0.1) is 11.3 Å². The molecular formula is C21H15ClF3N3OS. The first kappa shape index (κ1) is 20.6. The maximum atomic E-state index is 13.6. The van der Waals surface area contributed by atoms with E-state index in [1.165, 1.54) is 23.6 Å². The van der Waals surface area contributed by atoms with Crippen molar-refractivity contribution < 1.29 is 18.0 Å². The van der Waals surface area contributed by atoms with Crippen molar-refractivity contribution >= 4 is 28.8 Å². The summed E-state index contributed by atoms with van der Waals surface area (Å²) in [6.07, 6.45) is -1.34. The number of nitrogens with zero attached hydrogens (tertiary/aromatic N) is 3. The van der Waals surface area contributed by atoms with E-state index in [9.17, 15) is 18.0 Å². The third-order valence-corrected chi connectivity index (χ3v) is 6.28. The molecule has 0 saturated heterocycles. The fourth-order valence-corrected chi connectivity index (χ4v) is 5.10. The largest absolute Gasteiger partial charge is 0.434 e. The van der Waals surface area contributed by atoms with E-state index < -0.39 is 11.9 Å². The maximum Gasteiger partial charge on any atom is 0.434 e. The second-order valence-electron chi connectivity index (χ2n) is 6.77. The predicted octanol–water partition coefficient (Wildman–Crippen LogP) is 5.54. The lowest BCUT2D eigenvalue weighted by Gasteiger charge is -2.33. The molecular weight excluding hydrogens is 435 g/mol. The minimum absolute atomic E-state index is 0.101. The second kappa shape index (κ2) is 7.85. The van der Waals surface area contributed by atoms with Gasteiger partial charge < -0.3 is 4.90 Å². The van der Waals surface area contributed by atoms with Crippen molar-refractivity contribution in [1.82, 2.24) is 14.9 Å². The Bertz CT molecular complexity index is 1130. The number of alkyl halides is 3. The van der Waals surface area contributed by atoms with Crippen LogP contribution in [0.4, 0.5) is 13.2 Å². The van der Waals surface area contributed by atoms with E-state index in [0.29, 0.717) is 28.6 Å². The molecule has 1 aliphatic heterocycles. The van der Waals surface area contributed by atoms with E-state index in [2.05, 4.69) is 16.5 Å². The highest BCUT2D eigenvalue weighted by atomic mass is 35.5. The van der Waals surface area contributed by atoms with Crippen LogP contribution in [-0.2, 0) is 17.5 Å². The van der Waals surface area contributed by atoms with Gasteiger partial charge in [0.2, 0.25) is 5.91 Å². The SMILES string of the molecule is C=CC(=O)N1Cc2sc(Cl)cc2[C@@H](c2ccccc2-c2cncnc2C(F)(F)F)C1. The van der Waals surface area contributed by atoms with E-state index >= 15 is 0 Å². The van der Waals surface area contributed by atoms with E-state index in [-0.39, 0.29) is 17.4 Å². The Morgan fingerprint density at radius 1 is 1.27 bits per heavy atom. The molecule has 0 radical (unpaired) electrons. The fraction of sp³-hybridized carbons (Fsp3) is 0.190. The molecule has 1 aliphatic rings. The van der Waals surface area contributed by atoms with Crippen molar-refractivity contribution in [2.24, 2.45) is 0 Å². The third kappa shape index (κ3) is 3.73. The van der Waals surface area contributed by atoms with Crippen LogP contribution < -0.4 is 0 Å². The van der Waals surface area contributed by atoms with Gasteiger partial charge in [0.25, 0.3) is 0 Å². The lowest BCUT2D eigenvalue weighted by molar-refractivity contribution is -0.140. The van der Waals surface area contributed by atoms with Crippen LogP contribution in [0.5, 0.6) is 0 Å². The summed E-state index contributed by atoms with van der Waals surface area (Å²) in [7, 11) is 0. The number of amides is 1. The summed E-state index contributed by atoms with van der Waals surface area (Å²) < 4.78 is 41.3. The highest BCUT2D eigenvalue weighted by Crippen LogP contribution is 2.44. The summed E-state index contributed by atoms with van der Waals surface area (Å²) >= 11 is 7.59. The van der Waals surface area contributed by atoms with Gasteiger partial charge in [0.15, 0.2) is 5.69 Å². The Balaban J connectivity index is 1.89. The molecule has 0 N–H and O–H groups in total. The molecule has 30 heavy (non-hydrogen) atoms. The van der Waals surface area contributed by atoms with Crippen molar-refractivity contribution in [1.29, 1.82) is 0 Å². The number of hydrogen-bond acceptors (Lipinski definition) is 4. The smallest absolute Gasteiger partial charge is 0.333 e. The maximum absolute atomic E-state index is 13.6. The van der Waals surface area contributed by atoms with Crippen LogP contribution in [0.3, 0.4) is 0 Å². The zero-order chi connectivity index (χ0) is 21.5. The number of aromatic nitrogens is 2. The van der Waals surface area contributed by atoms with Crippen molar-refractivity contribution in [3.05, 3.63) is 81.5 Å². The lowest BCUT2D eigenvalue weighted by atomic mass is 9.83. The zero-order valence-corrected chi connectivity index (χ0v) is 17.1. The fourth-order valence-electron chi connectivity index (χ4n) is 3.75. The Morgan fingerprint density at radius 2 is 2.03 bits per heavy atom. The Morgan fingerprint density at radius 3 is 2.77 bits per heavy atom. The number of thiophene rings is 1. The van der Waals surface area contributed by atoms with Crippen molar-refractivity contribution in [3.8, 4) is 11.1 Å². The van der Waals surface area contributed by atoms with E-state index in [1.807, 2.05) is 6.07 Å².